The Morgan fingerprint density at radius 2 is 2.20 bits per heavy atom. The summed E-state index contributed by atoms with van der Waals surface area (Å²) in [6.45, 7) is 3.91. The first kappa shape index (κ1) is 17.2. The van der Waals surface area contributed by atoms with Crippen molar-refractivity contribution in [3.8, 4) is 6.07 Å². The summed E-state index contributed by atoms with van der Waals surface area (Å²) in [7, 11) is 0. The minimum atomic E-state index is -0.0938. The van der Waals surface area contributed by atoms with Gasteiger partial charge in [-0.05, 0) is 31.5 Å². The van der Waals surface area contributed by atoms with Gasteiger partial charge in [0.05, 0.1) is 11.3 Å². The monoisotopic (exact) mass is 341 g/mol. The predicted octanol–water partition coefficient (Wildman–Crippen LogP) is 1.38. The second-order valence-corrected chi connectivity index (χ2v) is 6.48. The largest absolute Gasteiger partial charge is 0.336 e. The summed E-state index contributed by atoms with van der Waals surface area (Å²) in [5.41, 5.74) is 1.02. The summed E-state index contributed by atoms with van der Waals surface area (Å²) in [6, 6.07) is 9.33. The number of benzene rings is 1. The highest BCUT2D eigenvalue weighted by molar-refractivity contribution is 5.92. The molecule has 1 aromatic rings. The molecule has 0 aromatic heterocycles. The highest BCUT2D eigenvalue weighted by atomic mass is 16.2. The average molecular weight is 341 g/mol. The van der Waals surface area contributed by atoms with Crippen molar-refractivity contribution in [1.29, 1.82) is 5.26 Å². The number of carbonyl (C=O) groups is 2. The molecule has 2 aliphatic rings. The summed E-state index contributed by atoms with van der Waals surface area (Å²) in [5, 5.41) is 14.7. The molecule has 2 heterocycles. The molecule has 0 saturated carbocycles. The molecule has 0 aliphatic carbocycles. The van der Waals surface area contributed by atoms with Gasteiger partial charge in [0.1, 0.15) is 6.07 Å². The number of amides is 3. The van der Waals surface area contributed by atoms with Gasteiger partial charge in [0.15, 0.2) is 0 Å². The van der Waals surface area contributed by atoms with Crippen LogP contribution >= 0.6 is 0 Å². The van der Waals surface area contributed by atoms with Crippen LogP contribution < -0.4 is 10.6 Å². The molecule has 25 heavy (non-hydrogen) atoms. The minimum absolute atomic E-state index is 0.0257. The zero-order valence-corrected chi connectivity index (χ0v) is 14.2. The topological polar surface area (TPSA) is 88.5 Å². The lowest BCUT2D eigenvalue weighted by molar-refractivity contribution is -0.116. The van der Waals surface area contributed by atoms with E-state index in [2.05, 4.69) is 21.6 Å². The van der Waals surface area contributed by atoms with Crippen LogP contribution in [0.4, 0.5) is 10.5 Å². The van der Waals surface area contributed by atoms with E-state index in [1.54, 1.807) is 24.3 Å². The molecule has 2 aliphatic heterocycles. The Hall–Kier alpha value is -2.59. The summed E-state index contributed by atoms with van der Waals surface area (Å²) in [4.78, 5) is 28.2. The van der Waals surface area contributed by atoms with E-state index in [0.29, 0.717) is 24.2 Å². The van der Waals surface area contributed by atoms with Gasteiger partial charge < -0.3 is 20.4 Å². The Balaban J connectivity index is 1.48. The normalized spacial score (nSPS) is 20.8. The van der Waals surface area contributed by atoms with Crippen LogP contribution in [0.1, 0.15) is 24.8 Å². The number of carbonyl (C=O) groups excluding carboxylic acids is 2. The van der Waals surface area contributed by atoms with Crippen LogP contribution in [0.2, 0.25) is 0 Å². The number of urea groups is 1. The number of para-hydroxylation sites is 1. The average Bonchev–Trinajstić information content (AvgIpc) is 3.07. The van der Waals surface area contributed by atoms with Gasteiger partial charge in [0, 0.05) is 38.6 Å². The van der Waals surface area contributed by atoms with Crippen molar-refractivity contribution in [2.45, 2.75) is 25.3 Å². The van der Waals surface area contributed by atoms with Crippen molar-refractivity contribution < 1.29 is 9.59 Å². The Morgan fingerprint density at radius 1 is 1.36 bits per heavy atom. The minimum Gasteiger partial charge on any atom is -0.336 e. The van der Waals surface area contributed by atoms with E-state index >= 15 is 0 Å². The molecule has 0 bridgehead atoms. The van der Waals surface area contributed by atoms with Crippen molar-refractivity contribution in [3.05, 3.63) is 29.8 Å². The summed E-state index contributed by atoms with van der Waals surface area (Å²) >= 11 is 0. The molecule has 7 heteroatoms. The molecule has 2 N–H and O–H groups in total. The van der Waals surface area contributed by atoms with E-state index in [4.69, 9.17) is 5.26 Å². The fraction of sp³-hybridized carbons (Fsp3) is 0.500. The number of nitrogens with zero attached hydrogens (tertiary/aromatic N) is 3. The molecule has 1 aromatic carbocycles. The van der Waals surface area contributed by atoms with Crippen LogP contribution in [0.15, 0.2) is 24.3 Å². The third kappa shape index (κ3) is 4.28. The lowest BCUT2D eigenvalue weighted by Gasteiger charge is -2.36. The van der Waals surface area contributed by atoms with Crippen LogP contribution in [0.5, 0.6) is 0 Å². The Labute approximate surface area is 147 Å². The second-order valence-electron chi connectivity index (χ2n) is 6.48. The first-order chi connectivity index (χ1) is 12.2. The SMILES string of the molecule is N#Cc1ccccc1NC(=O)CCN1CCC[C@H](N2CCNC2=O)C1. The Morgan fingerprint density at radius 3 is 2.96 bits per heavy atom. The van der Waals surface area contributed by atoms with Crippen molar-refractivity contribution >= 4 is 17.6 Å². The van der Waals surface area contributed by atoms with Gasteiger partial charge >= 0.3 is 6.03 Å². The molecular formula is C18H23N5O2. The molecule has 2 fully saturated rings. The maximum absolute atomic E-state index is 12.2. The first-order valence-electron chi connectivity index (χ1n) is 8.73. The zero-order valence-electron chi connectivity index (χ0n) is 14.2. The maximum atomic E-state index is 12.2. The maximum Gasteiger partial charge on any atom is 0.317 e. The number of likely N-dealkylation sites (tertiary alicyclic amines) is 1. The number of nitrogens with one attached hydrogen (secondary N) is 2. The number of anilines is 1. The quantitative estimate of drug-likeness (QED) is 0.847. The van der Waals surface area contributed by atoms with Crippen molar-refractivity contribution in [3.63, 3.8) is 0 Å². The second kappa shape index (κ2) is 7.99. The molecule has 0 unspecified atom stereocenters. The third-order valence-corrected chi connectivity index (χ3v) is 4.79. The molecule has 132 valence electrons. The van der Waals surface area contributed by atoms with Gasteiger partial charge in [-0.1, -0.05) is 12.1 Å². The first-order valence-corrected chi connectivity index (χ1v) is 8.73. The van der Waals surface area contributed by atoms with Gasteiger partial charge in [0.2, 0.25) is 5.91 Å². The number of nitriles is 1. The molecule has 7 nitrogen and oxygen atoms in total. The Bertz CT molecular complexity index is 684. The van der Waals surface area contributed by atoms with Crippen LogP contribution in [0.3, 0.4) is 0 Å². The summed E-state index contributed by atoms with van der Waals surface area (Å²) in [5.74, 6) is -0.0938. The van der Waals surface area contributed by atoms with Crippen molar-refractivity contribution in [1.82, 2.24) is 15.1 Å². The number of hydrogen-bond acceptors (Lipinski definition) is 4. The van der Waals surface area contributed by atoms with E-state index in [9.17, 15) is 9.59 Å². The fourth-order valence-electron chi connectivity index (χ4n) is 3.49. The smallest absolute Gasteiger partial charge is 0.317 e. The predicted molar refractivity (Wildman–Crippen MR) is 94.0 cm³/mol. The van der Waals surface area contributed by atoms with Gasteiger partial charge in [-0.3, -0.25) is 4.79 Å². The Kier molecular flexibility index (Phi) is 5.51. The highest BCUT2D eigenvalue weighted by Gasteiger charge is 2.31. The van der Waals surface area contributed by atoms with E-state index in [1.165, 1.54) is 0 Å². The van der Waals surface area contributed by atoms with Gasteiger partial charge in [-0.2, -0.15) is 5.26 Å². The number of piperidine rings is 1. The van der Waals surface area contributed by atoms with Gasteiger partial charge in [0.25, 0.3) is 0 Å². The summed E-state index contributed by atoms with van der Waals surface area (Å²) in [6.07, 6.45) is 2.43. The standard InChI is InChI=1S/C18H23N5O2/c19-12-14-4-1-2-6-16(14)21-17(24)7-10-22-9-3-5-15(13-22)23-11-8-20-18(23)25/h1-2,4,6,15H,3,5,7-11,13H2,(H,20,25)(H,21,24)/t15-/m0/s1. The van der Waals surface area contributed by atoms with Gasteiger partial charge in [-0.15, -0.1) is 0 Å². The number of hydrogen-bond donors (Lipinski definition) is 2. The molecule has 2 saturated heterocycles. The third-order valence-electron chi connectivity index (χ3n) is 4.79. The zero-order chi connectivity index (χ0) is 17.6. The molecule has 0 radical (unpaired) electrons. The summed E-state index contributed by atoms with van der Waals surface area (Å²) < 4.78 is 0. The van der Waals surface area contributed by atoms with Crippen LogP contribution in [0, 0.1) is 11.3 Å². The van der Waals surface area contributed by atoms with E-state index in [0.717, 1.165) is 39.0 Å². The lowest BCUT2D eigenvalue weighted by atomic mass is 10.0. The molecule has 0 spiro atoms. The van der Waals surface area contributed by atoms with Crippen molar-refractivity contribution in [2.75, 3.05) is 38.0 Å². The van der Waals surface area contributed by atoms with Crippen LogP contribution in [-0.4, -0.2) is 60.5 Å². The van der Waals surface area contributed by atoms with E-state index in [-0.39, 0.29) is 18.0 Å². The van der Waals surface area contributed by atoms with E-state index in [1.807, 2.05) is 4.90 Å². The van der Waals surface area contributed by atoms with Crippen LogP contribution in [-0.2, 0) is 4.79 Å². The van der Waals surface area contributed by atoms with E-state index < -0.39 is 0 Å². The molecule has 3 rings (SSSR count). The van der Waals surface area contributed by atoms with Gasteiger partial charge in [-0.25, -0.2) is 4.79 Å². The van der Waals surface area contributed by atoms with Crippen LogP contribution in [0.25, 0.3) is 0 Å². The fourth-order valence-corrected chi connectivity index (χ4v) is 3.49. The molecule has 3 amide bonds. The highest BCUT2D eigenvalue weighted by Crippen LogP contribution is 2.18. The lowest BCUT2D eigenvalue weighted by Crippen LogP contribution is -2.49. The van der Waals surface area contributed by atoms with Crippen molar-refractivity contribution in [2.24, 2.45) is 0 Å². The number of rotatable bonds is 5. The molecular weight excluding hydrogens is 318 g/mol. The molecule has 1 atom stereocenters.